The smallest absolute Gasteiger partial charge is 0.432 e. The van der Waals surface area contributed by atoms with Gasteiger partial charge in [-0.2, -0.15) is 0 Å². The number of nitrogens with zero attached hydrogens (tertiary/aromatic N) is 4. The summed E-state index contributed by atoms with van der Waals surface area (Å²) < 4.78 is 73.8. The molecule has 0 aliphatic carbocycles. The van der Waals surface area contributed by atoms with Crippen molar-refractivity contribution in [2.75, 3.05) is 6.54 Å². The highest BCUT2D eigenvalue weighted by atomic mass is 32.1. The van der Waals surface area contributed by atoms with Crippen LogP contribution in [0.3, 0.4) is 0 Å². The van der Waals surface area contributed by atoms with E-state index in [4.69, 9.17) is 4.42 Å². The largest absolute Gasteiger partial charge is 0.523 e. The summed E-state index contributed by atoms with van der Waals surface area (Å²) in [4.78, 5) is 29.9. The van der Waals surface area contributed by atoms with Crippen LogP contribution in [0, 0.1) is 0 Å². The Hall–Kier alpha value is -3.39. The van der Waals surface area contributed by atoms with Gasteiger partial charge in [0, 0.05) is 18.7 Å². The zero-order valence-corrected chi connectivity index (χ0v) is 17.8. The number of fused-ring (bicyclic) bond motifs is 2. The highest BCUT2D eigenvalue weighted by molar-refractivity contribution is 7.18. The summed E-state index contributed by atoms with van der Waals surface area (Å²) in [5.74, 6) is -2.59. The number of hydrogen-bond acceptors (Lipinski definition) is 7. The number of carbonyl (C=O) groups is 1. The molecular weight excluding hydrogens is 485 g/mol. The number of oxazole rings is 1. The first-order chi connectivity index (χ1) is 16.2. The van der Waals surface area contributed by atoms with E-state index in [2.05, 4.69) is 24.7 Å². The first-order valence-corrected chi connectivity index (χ1v) is 10.7. The Balaban J connectivity index is 1.54. The minimum Gasteiger partial charge on any atom is -0.432 e. The number of ether oxygens (including phenoxy) is 1. The molecule has 5 rings (SSSR count). The van der Waals surface area contributed by atoms with E-state index in [0.29, 0.717) is 22.6 Å². The van der Waals surface area contributed by atoms with Crippen molar-refractivity contribution in [2.24, 2.45) is 0 Å². The Labute approximate surface area is 191 Å². The van der Waals surface area contributed by atoms with Gasteiger partial charge in [-0.1, -0.05) is 12.1 Å². The minimum atomic E-state index is -5.02. The summed E-state index contributed by atoms with van der Waals surface area (Å²) in [7, 11) is 0. The molecule has 8 nitrogen and oxygen atoms in total. The molecule has 0 bridgehead atoms. The van der Waals surface area contributed by atoms with Crippen molar-refractivity contribution in [1.82, 2.24) is 24.8 Å². The number of nitrogens with one attached hydrogen (secondary N) is 1. The quantitative estimate of drug-likeness (QED) is 0.398. The molecule has 0 unspecified atom stereocenters. The molecule has 1 aromatic carbocycles. The number of rotatable bonds is 5. The molecule has 4 heterocycles. The van der Waals surface area contributed by atoms with Crippen molar-refractivity contribution in [2.45, 2.75) is 31.9 Å². The van der Waals surface area contributed by atoms with Gasteiger partial charge in [-0.3, -0.25) is 9.53 Å². The summed E-state index contributed by atoms with van der Waals surface area (Å²) in [5, 5.41) is 0.501. The molecule has 3 aromatic heterocycles. The second kappa shape index (κ2) is 8.43. The fourth-order valence-electron chi connectivity index (χ4n) is 3.77. The van der Waals surface area contributed by atoms with Crippen LogP contribution in [0.5, 0.6) is 0 Å². The predicted octanol–water partition coefficient (Wildman–Crippen LogP) is 4.77. The van der Waals surface area contributed by atoms with Gasteiger partial charge in [0.1, 0.15) is 17.7 Å². The molecule has 0 radical (unpaired) electrons. The topological polar surface area (TPSA) is 97.1 Å². The fourth-order valence-corrected chi connectivity index (χ4v) is 4.85. The summed E-state index contributed by atoms with van der Waals surface area (Å²) in [6.07, 6.45) is -6.46. The van der Waals surface area contributed by atoms with Gasteiger partial charge in [0.25, 0.3) is 12.3 Å². The normalized spacial score (nSPS) is 16.4. The number of thiazole rings is 1. The zero-order valence-electron chi connectivity index (χ0n) is 17.0. The molecule has 0 saturated heterocycles. The molecule has 34 heavy (non-hydrogen) atoms. The Morgan fingerprint density at radius 3 is 2.82 bits per heavy atom. The lowest BCUT2D eigenvalue weighted by atomic mass is 10.0. The van der Waals surface area contributed by atoms with Crippen molar-refractivity contribution in [1.29, 1.82) is 0 Å². The van der Waals surface area contributed by atoms with Crippen molar-refractivity contribution >= 4 is 27.5 Å². The van der Waals surface area contributed by atoms with Gasteiger partial charge in [-0.15, -0.1) is 24.5 Å². The third-order valence-corrected chi connectivity index (χ3v) is 6.28. The fraction of sp³-hybridized carbons (Fsp3) is 0.300. The van der Waals surface area contributed by atoms with Crippen LogP contribution in [0.4, 0.5) is 22.0 Å². The summed E-state index contributed by atoms with van der Waals surface area (Å²) in [6, 6.07) is 6.49. The van der Waals surface area contributed by atoms with Crippen molar-refractivity contribution in [3.63, 3.8) is 0 Å². The zero-order chi connectivity index (χ0) is 24.0. The number of alkyl halides is 5. The van der Waals surface area contributed by atoms with Gasteiger partial charge >= 0.3 is 6.36 Å². The van der Waals surface area contributed by atoms with E-state index >= 15 is 0 Å². The molecule has 1 aliphatic rings. The van der Waals surface area contributed by atoms with Crippen LogP contribution in [0.1, 0.15) is 51.0 Å². The monoisotopic (exact) mass is 499 g/mol. The number of imidazole rings is 1. The number of carbonyl (C=O) groups excluding carboxylic acids is 1. The number of aromatic nitrogens is 4. The highest BCUT2D eigenvalue weighted by Crippen LogP contribution is 2.39. The third kappa shape index (κ3) is 4.14. The lowest BCUT2D eigenvalue weighted by Gasteiger charge is -2.33. The van der Waals surface area contributed by atoms with Crippen molar-refractivity contribution < 1.29 is 35.9 Å². The molecule has 178 valence electrons. The first kappa shape index (κ1) is 22.4. The molecule has 1 atom stereocenters. The van der Waals surface area contributed by atoms with Gasteiger partial charge in [0.15, 0.2) is 5.69 Å². The number of halogens is 5. The van der Waals surface area contributed by atoms with Gasteiger partial charge in [0.05, 0.1) is 22.2 Å². The minimum absolute atomic E-state index is 0.104. The summed E-state index contributed by atoms with van der Waals surface area (Å²) >= 11 is 1.32. The molecule has 0 fully saturated rings. The molecule has 1 N–H and O–H groups in total. The van der Waals surface area contributed by atoms with E-state index < -0.39 is 48.7 Å². The number of hydrogen-bond donors (Lipinski definition) is 1. The average Bonchev–Trinajstić information content (AvgIpc) is 3.53. The van der Waals surface area contributed by atoms with E-state index in [0.717, 1.165) is 10.4 Å². The first-order valence-electron chi connectivity index (χ1n) is 9.88. The standard InChI is InChI=1S/C20H14F5N5O3S/c21-17(22)14-16(33-12(29-14)7-32-20(23,24)25)19(31)30-6-5-10-13(27-8-26-10)15(30)18-28-9-3-1-2-4-11(9)34-18/h1-4,8,15,17H,5-7H2,(H,26,27)/t15-/m0/s1. The van der Waals surface area contributed by atoms with Crippen LogP contribution in [-0.4, -0.2) is 43.7 Å². The molecule has 0 spiro atoms. The second-order valence-electron chi connectivity index (χ2n) is 7.29. The number of H-pyrrole nitrogens is 1. The van der Waals surface area contributed by atoms with Crippen LogP contribution in [0.2, 0.25) is 0 Å². The van der Waals surface area contributed by atoms with E-state index in [-0.39, 0.29) is 6.54 Å². The van der Waals surface area contributed by atoms with E-state index in [1.54, 1.807) is 6.07 Å². The SMILES string of the molecule is O=C(c1oc(COC(F)(F)F)nc1C(F)F)N1CCc2[nH]cnc2[C@H]1c1nc2ccccc2s1. The molecule has 14 heteroatoms. The predicted molar refractivity (Wildman–Crippen MR) is 107 cm³/mol. The molecule has 0 saturated carbocycles. The summed E-state index contributed by atoms with van der Waals surface area (Å²) in [6.45, 7) is -1.15. The van der Waals surface area contributed by atoms with Crippen LogP contribution < -0.4 is 0 Å². The number of para-hydroxylation sites is 1. The van der Waals surface area contributed by atoms with Gasteiger partial charge in [0.2, 0.25) is 11.7 Å². The Bertz CT molecular complexity index is 1310. The maximum atomic E-state index is 13.6. The summed E-state index contributed by atoms with van der Waals surface area (Å²) in [5.41, 5.74) is 0.898. The molecule has 1 aliphatic heterocycles. The highest BCUT2D eigenvalue weighted by Gasteiger charge is 2.40. The second-order valence-corrected chi connectivity index (χ2v) is 8.36. The number of benzene rings is 1. The average molecular weight is 499 g/mol. The van der Waals surface area contributed by atoms with Crippen LogP contribution in [0.15, 0.2) is 35.0 Å². The Morgan fingerprint density at radius 2 is 2.09 bits per heavy atom. The maximum Gasteiger partial charge on any atom is 0.523 e. The molecule has 4 aromatic rings. The lowest BCUT2D eigenvalue weighted by molar-refractivity contribution is -0.332. The van der Waals surface area contributed by atoms with E-state index in [1.807, 2.05) is 18.2 Å². The van der Waals surface area contributed by atoms with Crippen molar-refractivity contribution in [3.05, 3.63) is 64.3 Å². The van der Waals surface area contributed by atoms with E-state index in [9.17, 15) is 26.7 Å². The third-order valence-electron chi connectivity index (χ3n) is 5.19. The maximum absolute atomic E-state index is 13.6. The Kier molecular flexibility index (Phi) is 5.56. The molecule has 1 amide bonds. The van der Waals surface area contributed by atoms with Gasteiger partial charge in [-0.25, -0.2) is 23.7 Å². The number of aromatic amines is 1. The van der Waals surface area contributed by atoms with Gasteiger partial charge < -0.3 is 14.3 Å². The van der Waals surface area contributed by atoms with Crippen molar-refractivity contribution in [3.8, 4) is 0 Å². The Morgan fingerprint density at radius 1 is 1.29 bits per heavy atom. The van der Waals surface area contributed by atoms with E-state index in [1.165, 1.54) is 22.6 Å². The van der Waals surface area contributed by atoms with Crippen LogP contribution in [-0.2, 0) is 17.8 Å². The van der Waals surface area contributed by atoms with Crippen LogP contribution >= 0.6 is 11.3 Å². The number of amides is 1. The van der Waals surface area contributed by atoms with Crippen LogP contribution in [0.25, 0.3) is 10.2 Å². The van der Waals surface area contributed by atoms with Gasteiger partial charge in [-0.05, 0) is 12.1 Å². The molecular formula is C20H14F5N5O3S. The lowest BCUT2D eigenvalue weighted by Crippen LogP contribution is -2.41.